The lowest BCUT2D eigenvalue weighted by Crippen LogP contribution is -2.10. The summed E-state index contributed by atoms with van der Waals surface area (Å²) in [6.07, 6.45) is 16.4. The third-order valence-electron chi connectivity index (χ3n) is 3.95. The molecule has 2 aliphatic carbocycles. The summed E-state index contributed by atoms with van der Waals surface area (Å²) in [7, 11) is 0. The first-order valence-electron chi connectivity index (χ1n) is 6.40. The van der Waals surface area contributed by atoms with Crippen LogP contribution in [0.2, 0.25) is 0 Å². The van der Waals surface area contributed by atoms with E-state index >= 15 is 0 Å². The second-order valence-corrected chi connectivity index (χ2v) is 5.10. The SMILES string of the molecule is CC([CH]C1=CCCCC1)C1CCCC1. The molecular weight excluding hydrogens is 168 g/mol. The molecule has 1 saturated carbocycles. The summed E-state index contributed by atoms with van der Waals surface area (Å²) in [6, 6.07) is 0. The lowest BCUT2D eigenvalue weighted by molar-refractivity contribution is 0.411. The van der Waals surface area contributed by atoms with Crippen molar-refractivity contribution in [3.05, 3.63) is 18.1 Å². The number of hydrogen-bond donors (Lipinski definition) is 0. The van der Waals surface area contributed by atoms with Gasteiger partial charge in [0.25, 0.3) is 0 Å². The van der Waals surface area contributed by atoms with Gasteiger partial charge in [-0.1, -0.05) is 44.3 Å². The van der Waals surface area contributed by atoms with Gasteiger partial charge in [0.2, 0.25) is 0 Å². The van der Waals surface area contributed by atoms with Crippen LogP contribution in [0.25, 0.3) is 0 Å². The number of hydrogen-bond acceptors (Lipinski definition) is 0. The normalized spacial score (nSPS) is 26.2. The molecule has 2 rings (SSSR count). The highest BCUT2D eigenvalue weighted by Crippen LogP contribution is 2.35. The zero-order chi connectivity index (χ0) is 9.80. The van der Waals surface area contributed by atoms with Crippen molar-refractivity contribution in [3.63, 3.8) is 0 Å². The Balaban J connectivity index is 1.80. The van der Waals surface area contributed by atoms with Gasteiger partial charge in [0.05, 0.1) is 0 Å². The van der Waals surface area contributed by atoms with E-state index in [-0.39, 0.29) is 0 Å². The molecule has 0 spiro atoms. The van der Waals surface area contributed by atoms with Gasteiger partial charge in [-0.05, 0) is 43.9 Å². The van der Waals surface area contributed by atoms with Crippen LogP contribution in [0, 0.1) is 18.3 Å². The summed E-state index contributed by atoms with van der Waals surface area (Å²) in [6.45, 7) is 2.42. The summed E-state index contributed by atoms with van der Waals surface area (Å²) in [5.74, 6) is 1.83. The van der Waals surface area contributed by atoms with Crippen LogP contribution in [0.5, 0.6) is 0 Å². The van der Waals surface area contributed by atoms with Gasteiger partial charge in [0.15, 0.2) is 0 Å². The van der Waals surface area contributed by atoms with Crippen LogP contribution >= 0.6 is 0 Å². The van der Waals surface area contributed by atoms with Crippen LogP contribution in [0.1, 0.15) is 58.3 Å². The molecule has 0 nitrogen and oxygen atoms in total. The Labute approximate surface area is 88.8 Å². The van der Waals surface area contributed by atoms with E-state index in [9.17, 15) is 0 Å². The van der Waals surface area contributed by atoms with Gasteiger partial charge in [-0.25, -0.2) is 0 Å². The molecule has 0 heteroatoms. The van der Waals surface area contributed by atoms with Crippen LogP contribution in [-0.4, -0.2) is 0 Å². The molecular formula is C14H23. The van der Waals surface area contributed by atoms with E-state index in [2.05, 4.69) is 19.4 Å². The monoisotopic (exact) mass is 191 g/mol. The van der Waals surface area contributed by atoms with E-state index in [0.29, 0.717) is 0 Å². The van der Waals surface area contributed by atoms with Gasteiger partial charge < -0.3 is 0 Å². The van der Waals surface area contributed by atoms with E-state index in [1.54, 1.807) is 5.57 Å². The van der Waals surface area contributed by atoms with Crippen molar-refractivity contribution in [2.45, 2.75) is 58.3 Å². The second-order valence-electron chi connectivity index (χ2n) is 5.10. The third-order valence-corrected chi connectivity index (χ3v) is 3.95. The lowest BCUT2D eigenvalue weighted by atomic mass is 9.84. The second kappa shape index (κ2) is 5.00. The highest BCUT2D eigenvalue weighted by atomic mass is 14.3. The standard InChI is InChI=1S/C14H23/c1-12(14-9-5-6-10-14)11-13-7-3-2-4-8-13/h7,11-12,14H,2-6,8-10H2,1H3. The van der Waals surface area contributed by atoms with Crippen molar-refractivity contribution < 1.29 is 0 Å². The first kappa shape index (κ1) is 10.3. The average Bonchev–Trinajstić information content (AvgIpc) is 2.72. The van der Waals surface area contributed by atoms with Crippen molar-refractivity contribution in [2.75, 3.05) is 0 Å². The van der Waals surface area contributed by atoms with Crippen LogP contribution in [0.15, 0.2) is 11.6 Å². The Hall–Kier alpha value is -0.260. The zero-order valence-corrected chi connectivity index (χ0v) is 9.47. The topological polar surface area (TPSA) is 0 Å². The Morgan fingerprint density at radius 2 is 2.00 bits per heavy atom. The molecule has 0 bridgehead atoms. The third kappa shape index (κ3) is 2.62. The molecule has 14 heavy (non-hydrogen) atoms. The zero-order valence-electron chi connectivity index (χ0n) is 9.47. The fourth-order valence-corrected chi connectivity index (χ4v) is 2.97. The Bertz CT molecular complexity index is 196. The Morgan fingerprint density at radius 1 is 1.21 bits per heavy atom. The Morgan fingerprint density at radius 3 is 2.64 bits per heavy atom. The van der Waals surface area contributed by atoms with Crippen molar-refractivity contribution in [1.29, 1.82) is 0 Å². The smallest absolute Gasteiger partial charge is 0.0107 e. The number of allylic oxidation sites excluding steroid dienone is 2. The first-order valence-corrected chi connectivity index (χ1v) is 6.40. The molecule has 0 aromatic rings. The van der Waals surface area contributed by atoms with Crippen molar-refractivity contribution >= 4 is 0 Å². The van der Waals surface area contributed by atoms with Gasteiger partial charge in [-0.3, -0.25) is 0 Å². The summed E-state index contributed by atoms with van der Waals surface area (Å²) in [4.78, 5) is 0. The minimum atomic E-state index is 0.835. The summed E-state index contributed by atoms with van der Waals surface area (Å²) in [5, 5.41) is 0. The molecule has 0 N–H and O–H groups in total. The van der Waals surface area contributed by atoms with E-state index in [1.165, 1.54) is 51.4 Å². The van der Waals surface area contributed by atoms with Crippen LogP contribution in [0.3, 0.4) is 0 Å². The van der Waals surface area contributed by atoms with E-state index in [1.807, 2.05) is 0 Å². The highest BCUT2D eigenvalue weighted by Gasteiger charge is 2.22. The molecule has 0 aromatic carbocycles. The molecule has 0 aliphatic heterocycles. The van der Waals surface area contributed by atoms with Gasteiger partial charge in [0.1, 0.15) is 0 Å². The van der Waals surface area contributed by atoms with Crippen molar-refractivity contribution in [2.24, 2.45) is 11.8 Å². The van der Waals surface area contributed by atoms with Gasteiger partial charge in [0, 0.05) is 0 Å². The molecule has 0 aromatic heterocycles. The maximum Gasteiger partial charge on any atom is -0.0107 e. The molecule has 1 unspecified atom stereocenters. The fourth-order valence-electron chi connectivity index (χ4n) is 2.97. The average molecular weight is 191 g/mol. The molecule has 1 atom stereocenters. The summed E-state index contributed by atoms with van der Waals surface area (Å²) < 4.78 is 0. The minimum absolute atomic E-state index is 0.835. The molecule has 2 aliphatic rings. The molecule has 1 radical (unpaired) electrons. The van der Waals surface area contributed by atoms with Crippen molar-refractivity contribution in [1.82, 2.24) is 0 Å². The molecule has 1 fully saturated rings. The summed E-state index contributed by atoms with van der Waals surface area (Å²) >= 11 is 0. The predicted octanol–water partition coefficient (Wildman–Crippen LogP) is 4.52. The summed E-state index contributed by atoms with van der Waals surface area (Å²) in [5.41, 5.74) is 1.65. The maximum absolute atomic E-state index is 2.56. The van der Waals surface area contributed by atoms with Gasteiger partial charge >= 0.3 is 0 Å². The first-order chi connectivity index (χ1) is 6.86. The molecule has 0 amide bonds. The van der Waals surface area contributed by atoms with Crippen LogP contribution in [0.4, 0.5) is 0 Å². The van der Waals surface area contributed by atoms with E-state index in [4.69, 9.17) is 0 Å². The van der Waals surface area contributed by atoms with Crippen molar-refractivity contribution in [3.8, 4) is 0 Å². The fraction of sp³-hybridized carbons (Fsp3) is 0.786. The predicted molar refractivity (Wildman–Crippen MR) is 62.0 cm³/mol. The van der Waals surface area contributed by atoms with Gasteiger partial charge in [-0.2, -0.15) is 0 Å². The van der Waals surface area contributed by atoms with Crippen LogP contribution < -0.4 is 0 Å². The van der Waals surface area contributed by atoms with E-state index < -0.39 is 0 Å². The maximum atomic E-state index is 2.56. The highest BCUT2D eigenvalue weighted by molar-refractivity contribution is 5.17. The largest absolute Gasteiger partial charge is 0.0850 e. The van der Waals surface area contributed by atoms with E-state index in [0.717, 1.165) is 11.8 Å². The lowest BCUT2D eigenvalue weighted by Gasteiger charge is -2.21. The van der Waals surface area contributed by atoms with Crippen LogP contribution in [-0.2, 0) is 0 Å². The molecule has 0 saturated heterocycles. The quantitative estimate of drug-likeness (QED) is 0.615. The Kier molecular flexibility index (Phi) is 3.67. The molecule has 0 heterocycles. The van der Waals surface area contributed by atoms with Gasteiger partial charge in [-0.15, -0.1) is 0 Å². The number of rotatable bonds is 3. The molecule has 79 valence electrons. The minimum Gasteiger partial charge on any atom is -0.0850 e.